The molecule has 0 aromatic heterocycles. The highest BCUT2D eigenvalue weighted by Gasteiger charge is 2.29. The van der Waals surface area contributed by atoms with Crippen molar-refractivity contribution in [2.24, 2.45) is 0 Å². The number of carbonyl (C=O) groups excluding carboxylic acids is 2. The molecule has 1 heterocycles. The van der Waals surface area contributed by atoms with E-state index >= 15 is 0 Å². The molecule has 6 nitrogen and oxygen atoms in total. The summed E-state index contributed by atoms with van der Waals surface area (Å²) in [6, 6.07) is 4.18. The number of hydrogen-bond donors (Lipinski definition) is 2. The number of urea groups is 1. The number of phenols is 1. The van der Waals surface area contributed by atoms with E-state index < -0.39 is 11.9 Å². The molecule has 2 rings (SSSR count). The quantitative estimate of drug-likeness (QED) is 0.602. The molecule has 6 heteroatoms. The molecule has 1 aliphatic rings. The second-order valence-electron chi connectivity index (χ2n) is 3.78. The summed E-state index contributed by atoms with van der Waals surface area (Å²) < 4.78 is 4.96. The predicted molar refractivity (Wildman–Crippen MR) is 63.9 cm³/mol. The van der Waals surface area contributed by atoms with Gasteiger partial charge < -0.3 is 15.2 Å². The molecular formula is C12H12N2O4. The van der Waals surface area contributed by atoms with E-state index in [1.807, 2.05) is 0 Å². The van der Waals surface area contributed by atoms with Crippen LogP contribution < -0.4 is 10.1 Å². The molecular weight excluding hydrogens is 236 g/mol. The molecule has 94 valence electrons. The molecule has 0 aliphatic carbocycles. The third-order valence-corrected chi connectivity index (χ3v) is 2.60. The lowest BCUT2D eigenvalue weighted by Gasteiger charge is -2.04. The van der Waals surface area contributed by atoms with Crippen LogP contribution in [0.5, 0.6) is 11.5 Å². The molecule has 0 spiro atoms. The van der Waals surface area contributed by atoms with Crippen molar-refractivity contribution >= 4 is 18.0 Å². The Morgan fingerprint density at radius 2 is 2.11 bits per heavy atom. The first-order valence-corrected chi connectivity index (χ1v) is 5.20. The van der Waals surface area contributed by atoms with Gasteiger partial charge in [0.1, 0.15) is 5.70 Å². The van der Waals surface area contributed by atoms with E-state index in [4.69, 9.17) is 4.74 Å². The fraction of sp³-hybridized carbons (Fsp3) is 0.167. The number of aromatic hydroxyl groups is 1. The Hall–Kier alpha value is -2.50. The summed E-state index contributed by atoms with van der Waals surface area (Å²) in [5.41, 5.74) is 0.832. The van der Waals surface area contributed by atoms with Crippen molar-refractivity contribution in [3.8, 4) is 11.5 Å². The number of carbonyl (C=O) groups is 2. The maximum absolute atomic E-state index is 11.6. The van der Waals surface area contributed by atoms with Crippen molar-refractivity contribution in [3.63, 3.8) is 0 Å². The van der Waals surface area contributed by atoms with E-state index in [9.17, 15) is 14.7 Å². The summed E-state index contributed by atoms with van der Waals surface area (Å²) in [5, 5.41) is 11.9. The van der Waals surface area contributed by atoms with Crippen molar-refractivity contribution < 1.29 is 19.4 Å². The van der Waals surface area contributed by atoms with Crippen LogP contribution in [-0.2, 0) is 4.79 Å². The number of imide groups is 1. The SMILES string of the molecule is COc1cc(C=C2NC(=O)N(C)C2=O)ccc1O. The highest BCUT2D eigenvalue weighted by Crippen LogP contribution is 2.27. The van der Waals surface area contributed by atoms with Crippen LogP contribution in [0.1, 0.15) is 5.56 Å². The Morgan fingerprint density at radius 1 is 1.39 bits per heavy atom. The zero-order valence-electron chi connectivity index (χ0n) is 9.93. The number of ether oxygens (including phenoxy) is 1. The minimum absolute atomic E-state index is 0.0125. The lowest BCUT2D eigenvalue weighted by molar-refractivity contribution is -0.121. The predicted octanol–water partition coefficient (Wildman–Crippen LogP) is 0.923. The van der Waals surface area contributed by atoms with Crippen molar-refractivity contribution in [2.75, 3.05) is 14.2 Å². The van der Waals surface area contributed by atoms with E-state index in [1.54, 1.807) is 12.1 Å². The molecule has 1 saturated heterocycles. The lowest BCUT2D eigenvalue weighted by atomic mass is 10.1. The Balaban J connectivity index is 2.34. The summed E-state index contributed by atoms with van der Waals surface area (Å²) in [5.74, 6) is -0.0833. The summed E-state index contributed by atoms with van der Waals surface area (Å²) in [6.07, 6.45) is 1.52. The molecule has 2 N–H and O–H groups in total. The number of amides is 3. The minimum atomic E-state index is -0.461. The number of hydrogen-bond acceptors (Lipinski definition) is 4. The molecule has 3 amide bonds. The van der Waals surface area contributed by atoms with Crippen molar-refractivity contribution in [1.29, 1.82) is 0 Å². The van der Waals surface area contributed by atoms with Gasteiger partial charge in [-0.15, -0.1) is 0 Å². The highest BCUT2D eigenvalue weighted by molar-refractivity contribution is 6.13. The maximum Gasteiger partial charge on any atom is 0.328 e. The Labute approximate surface area is 103 Å². The first kappa shape index (κ1) is 12.0. The Morgan fingerprint density at radius 3 is 2.67 bits per heavy atom. The molecule has 0 bridgehead atoms. The van der Waals surface area contributed by atoms with Crippen LogP contribution in [0.4, 0.5) is 4.79 Å². The molecule has 0 saturated carbocycles. The van der Waals surface area contributed by atoms with Crippen LogP contribution in [0.25, 0.3) is 6.08 Å². The van der Waals surface area contributed by atoms with Crippen LogP contribution in [0.2, 0.25) is 0 Å². The first-order chi connectivity index (χ1) is 8.52. The molecule has 1 aromatic rings. The van der Waals surface area contributed by atoms with E-state index in [-0.39, 0.29) is 11.4 Å². The van der Waals surface area contributed by atoms with E-state index in [0.29, 0.717) is 11.3 Å². The van der Waals surface area contributed by atoms with Crippen LogP contribution in [-0.4, -0.2) is 36.1 Å². The second kappa shape index (κ2) is 4.40. The van der Waals surface area contributed by atoms with Crippen LogP contribution >= 0.6 is 0 Å². The van der Waals surface area contributed by atoms with Crippen LogP contribution in [0, 0.1) is 0 Å². The number of nitrogens with zero attached hydrogens (tertiary/aromatic N) is 1. The van der Waals surface area contributed by atoms with Crippen molar-refractivity contribution in [2.45, 2.75) is 0 Å². The van der Waals surface area contributed by atoms with Gasteiger partial charge in [-0.1, -0.05) is 6.07 Å². The van der Waals surface area contributed by atoms with Gasteiger partial charge in [0.25, 0.3) is 5.91 Å². The van der Waals surface area contributed by atoms with Crippen molar-refractivity contribution in [1.82, 2.24) is 10.2 Å². The van der Waals surface area contributed by atoms with Gasteiger partial charge in [0.15, 0.2) is 11.5 Å². The summed E-state index contributed by atoms with van der Waals surface area (Å²) in [7, 11) is 2.83. The van der Waals surface area contributed by atoms with Gasteiger partial charge in [-0.2, -0.15) is 0 Å². The molecule has 0 unspecified atom stereocenters. The first-order valence-electron chi connectivity index (χ1n) is 5.20. The van der Waals surface area contributed by atoms with Gasteiger partial charge >= 0.3 is 6.03 Å². The van der Waals surface area contributed by atoms with Crippen LogP contribution in [0.3, 0.4) is 0 Å². The zero-order chi connectivity index (χ0) is 13.3. The molecule has 1 fully saturated rings. The summed E-state index contributed by atoms with van der Waals surface area (Å²) >= 11 is 0. The average Bonchev–Trinajstić information content (AvgIpc) is 2.59. The smallest absolute Gasteiger partial charge is 0.328 e. The number of methoxy groups -OCH3 is 1. The molecule has 0 radical (unpaired) electrons. The van der Waals surface area contributed by atoms with Gasteiger partial charge in [-0.05, 0) is 23.8 Å². The van der Waals surface area contributed by atoms with E-state index in [1.165, 1.54) is 26.3 Å². The number of likely N-dealkylation sites (N-methyl/N-ethyl adjacent to an activating group) is 1. The number of nitrogens with one attached hydrogen (secondary N) is 1. The van der Waals surface area contributed by atoms with Crippen LogP contribution in [0.15, 0.2) is 23.9 Å². The summed E-state index contributed by atoms with van der Waals surface area (Å²) in [4.78, 5) is 23.9. The molecule has 1 aromatic carbocycles. The average molecular weight is 248 g/mol. The number of benzene rings is 1. The molecule has 1 aliphatic heterocycles. The fourth-order valence-corrected chi connectivity index (χ4v) is 1.57. The Kier molecular flexibility index (Phi) is 2.93. The van der Waals surface area contributed by atoms with Crippen molar-refractivity contribution in [3.05, 3.63) is 29.5 Å². The minimum Gasteiger partial charge on any atom is -0.504 e. The van der Waals surface area contributed by atoms with E-state index in [0.717, 1.165) is 4.90 Å². The van der Waals surface area contributed by atoms with Gasteiger partial charge in [0.2, 0.25) is 0 Å². The van der Waals surface area contributed by atoms with Gasteiger partial charge in [0, 0.05) is 7.05 Å². The molecule has 18 heavy (non-hydrogen) atoms. The third kappa shape index (κ3) is 2.00. The largest absolute Gasteiger partial charge is 0.504 e. The topological polar surface area (TPSA) is 78.9 Å². The third-order valence-electron chi connectivity index (χ3n) is 2.60. The second-order valence-corrected chi connectivity index (χ2v) is 3.78. The maximum atomic E-state index is 11.6. The number of rotatable bonds is 2. The molecule has 0 atom stereocenters. The van der Waals surface area contributed by atoms with Gasteiger partial charge in [0.05, 0.1) is 7.11 Å². The Bertz CT molecular complexity index is 551. The summed E-state index contributed by atoms with van der Waals surface area (Å²) in [6.45, 7) is 0. The zero-order valence-corrected chi connectivity index (χ0v) is 9.93. The van der Waals surface area contributed by atoms with Gasteiger partial charge in [-0.25, -0.2) is 4.79 Å². The monoisotopic (exact) mass is 248 g/mol. The number of phenolic OH excluding ortho intramolecular Hbond substituents is 1. The van der Waals surface area contributed by atoms with Gasteiger partial charge in [-0.3, -0.25) is 9.69 Å². The normalized spacial score (nSPS) is 17.2. The van der Waals surface area contributed by atoms with E-state index in [2.05, 4.69) is 5.32 Å². The fourth-order valence-electron chi connectivity index (χ4n) is 1.57. The lowest BCUT2D eigenvalue weighted by Crippen LogP contribution is -2.25. The standard InChI is InChI=1S/C12H12N2O4/c1-14-11(16)8(13-12(14)17)5-7-3-4-9(15)10(6-7)18-2/h3-6,15H,1-2H3,(H,13,17). The highest BCUT2D eigenvalue weighted by atomic mass is 16.5.